The lowest BCUT2D eigenvalue weighted by atomic mass is 10.1. The van der Waals surface area contributed by atoms with Crippen molar-refractivity contribution in [2.75, 3.05) is 0 Å². The summed E-state index contributed by atoms with van der Waals surface area (Å²) >= 11 is 0. The van der Waals surface area contributed by atoms with E-state index in [4.69, 9.17) is 10.8 Å². The molecule has 5 nitrogen and oxygen atoms in total. The Labute approximate surface area is 104 Å². The number of rotatable bonds is 5. The largest absolute Gasteiger partial charge is 0.480 e. The summed E-state index contributed by atoms with van der Waals surface area (Å²) in [5.41, 5.74) is 5.96. The second-order valence-electron chi connectivity index (χ2n) is 4.02. The highest BCUT2D eigenvalue weighted by Gasteiger charge is 2.21. The summed E-state index contributed by atoms with van der Waals surface area (Å²) in [6.45, 7) is 1.46. The van der Waals surface area contributed by atoms with Crippen molar-refractivity contribution in [2.24, 2.45) is 5.73 Å². The van der Waals surface area contributed by atoms with Crippen LogP contribution in [0, 0.1) is 5.82 Å². The zero-order chi connectivity index (χ0) is 13.7. The van der Waals surface area contributed by atoms with E-state index in [0.717, 1.165) is 0 Å². The van der Waals surface area contributed by atoms with Gasteiger partial charge in [0.05, 0.1) is 6.04 Å². The van der Waals surface area contributed by atoms with Crippen molar-refractivity contribution in [1.82, 2.24) is 5.32 Å². The first kappa shape index (κ1) is 14.1. The Hall–Kier alpha value is -1.95. The van der Waals surface area contributed by atoms with Gasteiger partial charge < -0.3 is 16.2 Å². The number of halogens is 1. The van der Waals surface area contributed by atoms with Crippen LogP contribution in [-0.4, -0.2) is 29.1 Å². The van der Waals surface area contributed by atoms with Gasteiger partial charge in [-0.2, -0.15) is 0 Å². The summed E-state index contributed by atoms with van der Waals surface area (Å²) < 4.78 is 12.7. The third-order valence-electron chi connectivity index (χ3n) is 2.38. The van der Waals surface area contributed by atoms with Gasteiger partial charge in [0.25, 0.3) is 0 Å². The Bertz CT molecular complexity index is 431. The molecule has 0 aliphatic rings. The van der Waals surface area contributed by atoms with Crippen molar-refractivity contribution in [3.05, 3.63) is 35.6 Å². The van der Waals surface area contributed by atoms with Crippen LogP contribution < -0.4 is 11.1 Å². The van der Waals surface area contributed by atoms with Crippen molar-refractivity contribution in [2.45, 2.75) is 25.4 Å². The molecule has 4 N–H and O–H groups in total. The minimum Gasteiger partial charge on any atom is -0.480 e. The predicted octanol–water partition coefficient (Wildman–Crippen LogP) is 0.285. The summed E-state index contributed by atoms with van der Waals surface area (Å²) in [5, 5.41) is 11.3. The first-order chi connectivity index (χ1) is 8.40. The lowest BCUT2D eigenvalue weighted by Crippen LogP contribution is -2.48. The Morgan fingerprint density at radius 1 is 1.39 bits per heavy atom. The zero-order valence-corrected chi connectivity index (χ0v) is 9.89. The molecule has 1 amide bonds. The van der Waals surface area contributed by atoms with Crippen LogP contribution >= 0.6 is 0 Å². The fourth-order valence-electron chi connectivity index (χ4n) is 1.36. The lowest BCUT2D eigenvalue weighted by Gasteiger charge is -2.16. The number of carbonyl (C=O) groups is 2. The Balaban J connectivity index is 2.72. The highest BCUT2D eigenvalue weighted by atomic mass is 19.1. The van der Waals surface area contributed by atoms with Gasteiger partial charge in [-0.3, -0.25) is 4.79 Å². The third-order valence-corrected chi connectivity index (χ3v) is 2.38. The molecular weight excluding hydrogens is 239 g/mol. The molecule has 0 fully saturated rings. The summed E-state index contributed by atoms with van der Waals surface area (Å²) in [6, 6.07) is 3.57. The quantitative estimate of drug-likeness (QED) is 0.704. The molecule has 18 heavy (non-hydrogen) atoms. The number of nitrogens with one attached hydrogen (secondary N) is 1. The van der Waals surface area contributed by atoms with E-state index in [9.17, 15) is 14.0 Å². The number of hydrogen-bond acceptors (Lipinski definition) is 3. The van der Waals surface area contributed by atoms with Crippen LogP contribution in [0.4, 0.5) is 4.39 Å². The molecule has 0 saturated carbocycles. The minimum absolute atomic E-state index is 0.0775. The van der Waals surface area contributed by atoms with E-state index in [-0.39, 0.29) is 6.42 Å². The number of carboxylic acid groups (broad SMARTS) is 1. The van der Waals surface area contributed by atoms with E-state index < -0.39 is 29.8 Å². The molecule has 0 saturated heterocycles. The third kappa shape index (κ3) is 4.14. The second kappa shape index (κ2) is 6.11. The molecule has 0 radical (unpaired) electrons. The van der Waals surface area contributed by atoms with E-state index in [1.54, 1.807) is 0 Å². The van der Waals surface area contributed by atoms with E-state index in [2.05, 4.69) is 5.32 Å². The van der Waals surface area contributed by atoms with Gasteiger partial charge in [-0.05, 0) is 24.6 Å². The van der Waals surface area contributed by atoms with Crippen LogP contribution in [0.3, 0.4) is 0 Å². The first-order valence-corrected chi connectivity index (χ1v) is 5.43. The van der Waals surface area contributed by atoms with Gasteiger partial charge in [0.1, 0.15) is 11.9 Å². The monoisotopic (exact) mass is 254 g/mol. The fraction of sp³-hybridized carbons (Fsp3) is 0.333. The molecule has 0 aliphatic carbocycles. The fourth-order valence-corrected chi connectivity index (χ4v) is 1.36. The maximum absolute atomic E-state index is 12.7. The molecule has 1 aromatic carbocycles. The molecule has 1 aromatic rings. The smallest absolute Gasteiger partial charge is 0.326 e. The minimum atomic E-state index is -1.16. The Morgan fingerprint density at radius 3 is 2.39 bits per heavy atom. The standard InChI is InChI=1S/C12H15FN2O3/c1-7(14)11(16)15-10(12(17)18)6-8-2-4-9(13)5-3-8/h2-5,7,10H,6,14H2,1H3,(H,15,16)(H,17,18)/t7-,10?/m0/s1. The summed E-state index contributed by atoms with van der Waals surface area (Å²) in [5.74, 6) is -2.09. The van der Waals surface area contributed by atoms with Crippen LogP contribution in [0.1, 0.15) is 12.5 Å². The van der Waals surface area contributed by atoms with Crippen LogP contribution in [0.2, 0.25) is 0 Å². The number of aliphatic carboxylic acids is 1. The normalized spacial score (nSPS) is 13.7. The average molecular weight is 254 g/mol. The summed E-state index contributed by atoms with van der Waals surface area (Å²) in [7, 11) is 0. The Kier molecular flexibility index (Phi) is 4.79. The van der Waals surface area contributed by atoms with Crippen molar-refractivity contribution in [3.8, 4) is 0 Å². The van der Waals surface area contributed by atoms with Gasteiger partial charge in [0, 0.05) is 6.42 Å². The molecule has 1 unspecified atom stereocenters. The van der Waals surface area contributed by atoms with Crippen molar-refractivity contribution < 1.29 is 19.1 Å². The van der Waals surface area contributed by atoms with Crippen LogP contribution in [0.5, 0.6) is 0 Å². The predicted molar refractivity (Wildman–Crippen MR) is 63.3 cm³/mol. The van der Waals surface area contributed by atoms with E-state index in [1.807, 2.05) is 0 Å². The molecule has 0 aliphatic heterocycles. The maximum atomic E-state index is 12.7. The van der Waals surface area contributed by atoms with Gasteiger partial charge in [-0.25, -0.2) is 9.18 Å². The van der Waals surface area contributed by atoms with Gasteiger partial charge in [-0.15, -0.1) is 0 Å². The van der Waals surface area contributed by atoms with Crippen molar-refractivity contribution in [3.63, 3.8) is 0 Å². The van der Waals surface area contributed by atoms with Crippen molar-refractivity contribution in [1.29, 1.82) is 0 Å². The number of hydrogen-bond donors (Lipinski definition) is 3. The summed E-state index contributed by atoms with van der Waals surface area (Å²) in [4.78, 5) is 22.3. The molecule has 0 aromatic heterocycles. The highest BCUT2D eigenvalue weighted by Crippen LogP contribution is 2.06. The molecule has 98 valence electrons. The van der Waals surface area contributed by atoms with Crippen LogP contribution in [0.15, 0.2) is 24.3 Å². The van der Waals surface area contributed by atoms with Gasteiger partial charge in [-0.1, -0.05) is 12.1 Å². The first-order valence-electron chi connectivity index (χ1n) is 5.43. The van der Waals surface area contributed by atoms with Gasteiger partial charge >= 0.3 is 5.97 Å². The summed E-state index contributed by atoms with van der Waals surface area (Å²) in [6.07, 6.45) is 0.0775. The van der Waals surface area contributed by atoms with Crippen molar-refractivity contribution >= 4 is 11.9 Å². The molecule has 0 spiro atoms. The molecule has 1 rings (SSSR count). The molecule has 0 heterocycles. The number of amides is 1. The molecule has 0 bridgehead atoms. The Morgan fingerprint density at radius 2 is 1.94 bits per heavy atom. The number of carbonyl (C=O) groups excluding carboxylic acids is 1. The topological polar surface area (TPSA) is 92.4 Å². The number of carboxylic acids is 1. The van der Waals surface area contributed by atoms with Gasteiger partial charge in [0.15, 0.2) is 0 Å². The molecule has 6 heteroatoms. The second-order valence-corrected chi connectivity index (χ2v) is 4.02. The van der Waals surface area contributed by atoms with Gasteiger partial charge in [0.2, 0.25) is 5.91 Å². The number of benzene rings is 1. The zero-order valence-electron chi connectivity index (χ0n) is 9.89. The van der Waals surface area contributed by atoms with E-state index >= 15 is 0 Å². The van der Waals surface area contributed by atoms with Crippen LogP contribution in [0.25, 0.3) is 0 Å². The maximum Gasteiger partial charge on any atom is 0.326 e. The average Bonchev–Trinajstić information content (AvgIpc) is 2.30. The molecular formula is C12H15FN2O3. The van der Waals surface area contributed by atoms with E-state index in [0.29, 0.717) is 5.56 Å². The SMILES string of the molecule is C[C@H](N)C(=O)NC(Cc1ccc(F)cc1)C(=O)O. The van der Waals surface area contributed by atoms with E-state index in [1.165, 1.54) is 31.2 Å². The number of nitrogens with two attached hydrogens (primary N) is 1. The highest BCUT2D eigenvalue weighted by molar-refractivity contribution is 5.86. The molecule has 2 atom stereocenters. The van der Waals surface area contributed by atoms with Crippen LogP contribution in [-0.2, 0) is 16.0 Å². The lowest BCUT2D eigenvalue weighted by molar-refractivity contribution is -0.141.